The fraction of sp³-hybridized carbons (Fsp3) is 0.500. The summed E-state index contributed by atoms with van der Waals surface area (Å²) in [6.07, 6.45) is 2.23. The lowest BCUT2D eigenvalue weighted by Gasteiger charge is -2.07. The smallest absolute Gasteiger partial charge is 0.249 e. The first-order valence-corrected chi connectivity index (χ1v) is 6.77. The molecule has 1 N–H and O–H groups in total. The summed E-state index contributed by atoms with van der Waals surface area (Å²) in [5.74, 6) is 0.260. The number of aromatic nitrogens is 2. The molecule has 0 saturated carbocycles. The van der Waals surface area contributed by atoms with Gasteiger partial charge >= 0.3 is 0 Å². The zero-order valence-corrected chi connectivity index (χ0v) is 11.6. The van der Waals surface area contributed by atoms with Gasteiger partial charge in [-0.3, -0.25) is 14.0 Å². The maximum absolute atomic E-state index is 11.7. The average molecular weight is 267 g/mol. The zero-order valence-electron chi connectivity index (χ0n) is 10.8. The molecule has 5 nitrogen and oxygen atoms in total. The first-order chi connectivity index (χ1) is 8.56. The highest BCUT2D eigenvalue weighted by molar-refractivity contribution is 7.15. The molecule has 18 heavy (non-hydrogen) atoms. The molecule has 0 fully saturated rings. The summed E-state index contributed by atoms with van der Waals surface area (Å²) in [6, 6.07) is 0. The number of aryl methyl sites for hydroxylation is 1. The van der Waals surface area contributed by atoms with Gasteiger partial charge in [0.2, 0.25) is 5.91 Å². The predicted octanol–water partition coefficient (Wildman–Crippen LogP) is 1.95. The van der Waals surface area contributed by atoms with Crippen molar-refractivity contribution < 1.29 is 9.63 Å². The third kappa shape index (κ3) is 3.08. The molecule has 0 atom stereocenters. The van der Waals surface area contributed by atoms with E-state index in [-0.39, 0.29) is 5.91 Å². The molecule has 2 heterocycles. The molecule has 2 aromatic rings. The van der Waals surface area contributed by atoms with Crippen molar-refractivity contribution in [2.24, 2.45) is 5.92 Å². The minimum Gasteiger partial charge on any atom is -0.294 e. The van der Waals surface area contributed by atoms with E-state index >= 15 is 0 Å². The van der Waals surface area contributed by atoms with Crippen LogP contribution in [0.1, 0.15) is 25.2 Å². The lowest BCUT2D eigenvalue weighted by atomic mass is 10.2. The van der Waals surface area contributed by atoms with Gasteiger partial charge in [0.1, 0.15) is 0 Å². The van der Waals surface area contributed by atoms with E-state index in [4.69, 9.17) is 4.84 Å². The topological polar surface area (TPSA) is 55.6 Å². The number of rotatable bonds is 5. The second-order valence-corrected chi connectivity index (χ2v) is 5.51. The lowest BCUT2D eigenvalue weighted by molar-refractivity contribution is -0.133. The quantitative estimate of drug-likeness (QED) is 0.842. The summed E-state index contributed by atoms with van der Waals surface area (Å²) < 4.78 is 1.95. The van der Waals surface area contributed by atoms with Crippen molar-refractivity contribution >= 4 is 22.2 Å². The van der Waals surface area contributed by atoms with Crippen LogP contribution in [0, 0.1) is 12.8 Å². The Kier molecular flexibility index (Phi) is 3.98. The van der Waals surface area contributed by atoms with Crippen molar-refractivity contribution in [1.82, 2.24) is 14.9 Å². The van der Waals surface area contributed by atoms with Crippen molar-refractivity contribution in [2.45, 2.75) is 27.2 Å². The number of nitrogens with zero attached hydrogens (tertiary/aromatic N) is 2. The Balaban J connectivity index is 1.94. The Hall–Kier alpha value is -1.40. The van der Waals surface area contributed by atoms with Crippen LogP contribution in [0.15, 0.2) is 11.6 Å². The van der Waals surface area contributed by atoms with Crippen LogP contribution in [0.5, 0.6) is 0 Å². The summed E-state index contributed by atoms with van der Waals surface area (Å²) in [6.45, 7) is 6.52. The third-order valence-corrected chi connectivity index (χ3v) is 3.24. The van der Waals surface area contributed by atoms with Gasteiger partial charge in [0.05, 0.1) is 18.7 Å². The number of thiazole rings is 1. The van der Waals surface area contributed by atoms with Crippen LogP contribution in [-0.2, 0) is 16.1 Å². The Morgan fingerprint density at radius 2 is 2.39 bits per heavy atom. The van der Waals surface area contributed by atoms with Gasteiger partial charge in [-0.2, -0.15) is 0 Å². The summed E-state index contributed by atoms with van der Waals surface area (Å²) in [4.78, 5) is 22.0. The molecule has 0 aliphatic rings. The van der Waals surface area contributed by atoms with E-state index in [1.54, 1.807) is 0 Å². The number of amides is 1. The van der Waals surface area contributed by atoms with E-state index in [1.165, 1.54) is 11.3 Å². The van der Waals surface area contributed by atoms with Gasteiger partial charge in [0.15, 0.2) is 4.96 Å². The maximum atomic E-state index is 11.7. The molecule has 98 valence electrons. The van der Waals surface area contributed by atoms with Crippen LogP contribution in [0.3, 0.4) is 0 Å². The summed E-state index contributed by atoms with van der Waals surface area (Å²) in [5.41, 5.74) is 4.35. The van der Waals surface area contributed by atoms with Crippen LogP contribution >= 0.6 is 11.3 Å². The number of nitrogens with one attached hydrogen (secondary N) is 1. The van der Waals surface area contributed by atoms with Crippen LogP contribution in [0.25, 0.3) is 4.96 Å². The molecule has 1 amide bonds. The van der Waals surface area contributed by atoms with Gasteiger partial charge in [-0.25, -0.2) is 10.5 Å². The molecule has 0 aliphatic carbocycles. The molecule has 2 rings (SSSR count). The van der Waals surface area contributed by atoms with Crippen LogP contribution in [0.4, 0.5) is 0 Å². The molecule has 2 aromatic heterocycles. The molecule has 6 heteroatoms. The minimum absolute atomic E-state index is 0.137. The maximum Gasteiger partial charge on any atom is 0.249 e. The van der Waals surface area contributed by atoms with Gasteiger partial charge < -0.3 is 0 Å². The lowest BCUT2D eigenvalue weighted by Crippen LogP contribution is -2.27. The number of hydrogen-bond donors (Lipinski definition) is 1. The zero-order chi connectivity index (χ0) is 13.1. The van der Waals surface area contributed by atoms with E-state index in [9.17, 15) is 4.79 Å². The Morgan fingerprint density at radius 1 is 1.61 bits per heavy atom. The number of carbonyl (C=O) groups excluding carboxylic acids is 1. The van der Waals surface area contributed by atoms with Gasteiger partial charge in [-0.15, -0.1) is 11.3 Å². The first-order valence-electron chi connectivity index (χ1n) is 5.89. The standard InChI is InChI=1S/C12H17N3O2S/c1-8(2)6-17-14-11(16)4-10-7-18-12-13-9(3)5-15(10)12/h5,7-8H,4,6H2,1-3H3,(H,14,16). The molecular formula is C12H17N3O2S. The third-order valence-electron chi connectivity index (χ3n) is 2.35. The fourth-order valence-electron chi connectivity index (χ4n) is 1.56. The first kappa shape index (κ1) is 13.0. The molecule has 0 aromatic carbocycles. The largest absolute Gasteiger partial charge is 0.294 e. The second kappa shape index (κ2) is 5.49. The van der Waals surface area contributed by atoms with Gasteiger partial charge in [-0.1, -0.05) is 13.8 Å². The molecule has 0 bridgehead atoms. The Morgan fingerprint density at radius 3 is 3.11 bits per heavy atom. The average Bonchev–Trinajstić information content (AvgIpc) is 2.79. The van der Waals surface area contributed by atoms with Gasteiger partial charge in [0, 0.05) is 17.3 Å². The van der Waals surface area contributed by atoms with Crippen LogP contribution < -0.4 is 5.48 Å². The molecular weight excluding hydrogens is 250 g/mol. The van der Waals surface area contributed by atoms with Crippen molar-refractivity contribution in [3.8, 4) is 0 Å². The van der Waals surface area contributed by atoms with Crippen LogP contribution in [0.2, 0.25) is 0 Å². The number of hydrogen-bond acceptors (Lipinski definition) is 4. The molecule has 0 aliphatic heterocycles. The normalized spacial score (nSPS) is 11.3. The summed E-state index contributed by atoms with van der Waals surface area (Å²) >= 11 is 1.54. The summed E-state index contributed by atoms with van der Waals surface area (Å²) in [5, 5.41) is 1.95. The van der Waals surface area contributed by atoms with Crippen LogP contribution in [-0.4, -0.2) is 21.9 Å². The summed E-state index contributed by atoms with van der Waals surface area (Å²) in [7, 11) is 0. The molecule has 0 spiro atoms. The molecule has 0 unspecified atom stereocenters. The van der Waals surface area contributed by atoms with Crippen molar-refractivity contribution in [3.05, 3.63) is 23.0 Å². The van der Waals surface area contributed by atoms with Crippen molar-refractivity contribution in [1.29, 1.82) is 0 Å². The predicted molar refractivity (Wildman–Crippen MR) is 70.4 cm³/mol. The highest BCUT2D eigenvalue weighted by Gasteiger charge is 2.10. The Labute approximate surface area is 110 Å². The van der Waals surface area contributed by atoms with E-state index in [1.807, 2.05) is 36.7 Å². The number of fused-ring (bicyclic) bond motifs is 1. The number of carbonyl (C=O) groups is 1. The highest BCUT2D eigenvalue weighted by Crippen LogP contribution is 2.16. The second-order valence-electron chi connectivity index (χ2n) is 4.67. The van der Waals surface area contributed by atoms with Gasteiger partial charge in [-0.05, 0) is 12.8 Å². The molecule has 0 radical (unpaired) electrons. The monoisotopic (exact) mass is 267 g/mol. The highest BCUT2D eigenvalue weighted by atomic mass is 32.1. The van der Waals surface area contributed by atoms with E-state index < -0.39 is 0 Å². The van der Waals surface area contributed by atoms with Gasteiger partial charge in [0.25, 0.3) is 0 Å². The van der Waals surface area contributed by atoms with Crippen molar-refractivity contribution in [2.75, 3.05) is 6.61 Å². The molecule has 0 saturated heterocycles. The van der Waals surface area contributed by atoms with Crippen molar-refractivity contribution in [3.63, 3.8) is 0 Å². The van der Waals surface area contributed by atoms with E-state index in [0.29, 0.717) is 18.9 Å². The Bertz CT molecular complexity index is 545. The number of hydroxylamine groups is 1. The SMILES string of the molecule is Cc1cn2c(CC(=O)NOCC(C)C)csc2n1. The fourth-order valence-corrected chi connectivity index (χ4v) is 2.48. The minimum atomic E-state index is -0.137. The van der Waals surface area contributed by atoms with E-state index in [2.05, 4.69) is 10.5 Å². The number of imidazole rings is 1. The van der Waals surface area contributed by atoms with E-state index in [0.717, 1.165) is 16.3 Å².